The van der Waals surface area contributed by atoms with Crippen molar-refractivity contribution >= 4 is 18.3 Å². The third-order valence-corrected chi connectivity index (χ3v) is 3.90. The molecule has 1 amide bonds. The predicted octanol–water partition coefficient (Wildman–Crippen LogP) is 3.13. The molecule has 2 atom stereocenters. The number of carbonyl (C=O) groups excluding carboxylic acids is 1. The molecule has 1 aliphatic rings. The summed E-state index contributed by atoms with van der Waals surface area (Å²) in [5, 5.41) is 3.26. The van der Waals surface area contributed by atoms with Crippen LogP contribution in [0.25, 0.3) is 0 Å². The first-order valence-corrected chi connectivity index (χ1v) is 7.45. The minimum absolute atomic E-state index is 0. The molecule has 3 nitrogen and oxygen atoms in total. The van der Waals surface area contributed by atoms with Crippen LogP contribution in [-0.2, 0) is 17.4 Å². The van der Waals surface area contributed by atoms with Crippen LogP contribution < -0.4 is 5.32 Å². The molecule has 0 spiro atoms. The minimum Gasteiger partial charge on any atom is -0.340 e. The monoisotopic (exact) mass is 350 g/mol. The minimum atomic E-state index is -4.35. The number of hydrogen-bond donors (Lipinski definition) is 1. The van der Waals surface area contributed by atoms with Gasteiger partial charge < -0.3 is 10.2 Å². The fourth-order valence-corrected chi connectivity index (χ4v) is 2.76. The van der Waals surface area contributed by atoms with Crippen LogP contribution in [0.15, 0.2) is 24.3 Å². The normalized spacial score (nSPS) is 19.9. The van der Waals surface area contributed by atoms with Crippen molar-refractivity contribution in [3.8, 4) is 0 Å². The summed E-state index contributed by atoms with van der Waals surface area (Å²) in [7, 11) is 0. The summed E-state index contributed by atoms with van der Waals surface area (Å²) in [4.78, 5) is 14.2. The van der Waals surface area contributed by atoms with E-state index in [1.807, 2.05) is 6.92 Å². The summed E-state index contributed by atoms with van der Waals surface area (Å²) in [5.41, 5.74) is -0.126. The lowest BCUT2D eigenvalue weighted by molar-refractivity contribution is -0.137. The largest absolute Gasteiger partial charge is 0.416 e. The van der Waals surface area contributed by atoms with Crippen molar-refractivity contribution < 1.29 is 18.0 Å². The Balaban J connectivity index is 0.00000264. The van der Waals surface area contributed by atoms with Crippen LogP contribution in [0.1, 0.15) is 25.0 Å². The molecule has 0 bridgehead atoms. The van der Waals surface area contributed by atoms with E-state index in [-0.39, 0.29) is 30.3 Å². The maximum atomic E-state index is 12.7. The molecule has 0 radical (unpaired) electrons. The van der Waals surface area contributed by atoms with Crippen molar-refractivity contribution in [2.24, 2.45) is 5.92 Å². The number of benzene rings is 1. The number of rotatable bonds is 3. The highest BCUT2D eigenvalue weighted by atomic mass is 35.5. The van der Waals surface area contributed by atoms with Gasteiger partial charge >= 0.3 is 6.18 Å². The van der Waals surface area contributed by atoms with Crippen LogP contribution in [0.2, 0.25) is 0 Å². The van der Waals surface area contributed by atoms with Crippen LogP contribution in [0.5, 0.6) is 0 Å². The summed E-state index contributed by atoms with van der Waals surface area (Å²) >= 11 is 0. The fraction of sp³-hybridized carbons (Fsp3) is 0.562. The zero-order valence-electron chi connectivity index (χ0n) is 13.2. The second-order valence-corrected chi connectivity index (χ2v) is 5.94. The van der Waals surface area contributed by atoms with E-state index in [1.165, 1.54) is 6.07 Å². The Morgan fingerprint density at radius 3 is 2.74 bits per heavy atom. The number of piperazine rings is 1. The third-order valence-electron chi connectivity index (χ3n) is 3.90. The number of amides is 1. The van der Waals surface area contributed by atoms with Crippen molar-refractivity contribution in [3.05, 3.63) is 35.4 Å². The van der Waals surface area contributed by atoms with Gasteiger partial charge in [-0.05, 0) is 25.0 Å². The van der Waals surface area contributed by atoms with E-state index in [0.717, 1.165) is 18.7 Å². The summed E-state index contributed by atoms with van der Waals surface area (Å²) in [6.07, 6.45) is -4.03. The summed E-state index contributed by atoms with van der Waals surface area (Å²) < 4.78 is 38.1. The standard InChI is InChI=1S/C16H21F3N2O.ClH/c1-11(15(22)21-7-6-20-12(2)10-21)8-13-4-3-5-14(9-13)16(17,18)19;/h3-5,9,11-12,20H,6-8,10H2,1-2H3;1H. The molecule has 1 aliphatic heterocycles. The molecular weight excluding hydrogens is 329 g/mol. The molecule has 2 rings (SSSR count). The molecule has 1 saturated heterocycles. The Morgan fingerprint density at radius 2 is 2.13 bits per heavy atom. The maximum Gasteiger partial charge on any atom is 0.416 e. The second-order valence-electron chi connectivity index (χ2n) is 5.94. The number of alkyl halides is 3. The van der Waals surface area contributed by atoms with Crippen LogP contribution in [0.4, 0.5) is 13.2 Å². The lowest BCUT2D eigenvalue weighted by atomic mass is 9.97. The molecule has 0 saturated carbocycles. The molecule has 0 aromatic heterocycles. The van der Waals surface area contributed by atoms with Gasteiger partial charge in [-0.3, -0.25) is 4.79 Å². The van der Waals surface area contributed by atoms with Crippen LogP contribution in [0, 0.1) is 5.92 Å². The number of carbonyl (C=O) groups is 1. The average molecular weight is 351 g/mol. The zero-order chi connectivity index (χ0) is 16.3. The molecule has 1 aromatic rings. The Labute approximate surface area is 140 Å². The van der Waals surface area contributed by atoms with E-state index >= 15 is 0 Å². The lowest BCUT2D eigenvalue weighted by Crippen LogP contribution is -2.52. The van der Waals surface area contributed by atoms with Crippen LogP contribution >= 0.6 is 12.4 Å². The first-order chi connectivity index (χ1) is 10.3. The van der Waals surface area contributed by atoms with Crippen molar-refractivity contribution in [1.29, 1.82) is 0 Å². The predicted molar refractivity (Wildman–Crippen MR) is 85.6 cm³/mol. The van der Waals surface area contributed by atoms with E-state index in [2.05, 4.69) is 5.32 Å². The topological polar surface area (TPSA) is 32.3 Å². The summed E-state index contributed by atoms with van der Waals surface area (Å²) in [6, 6.07) is 5.46. The molecule has 1 heterocycles. The quantitative estimate of drug-likeness (QED) is 0.908. The molecule has 1 fully saturated rings. The van der Waals surface area contributed by atoms with E-state index < -0.39 is 11.7 Å². The molecular formula is C16H22ClF3N2O. The molecule has 130 valence electrons. The smallest absolute Gasteiger partial charge is 0.340 e. The van der Waals surface area contributed by atoms with Crippen molar-refractivity contribution in [1.82, 2.24) is 10.2 Å². The second kappa shape index (κ2) is 8.02. The highest BCUT2D eigenvalue weighted by Gasteiger charge is 2.31. The SMILES string of the molecule is CC1CN(C(=O)C(C)Cc2cccc(C(F)(F)F)c2)CCN1.Cl. The first kappa shape index (κ1) is 19.8. The Kier molecular flexibility index (Phi) is 6.89. The van der Waals surface area contributed by atoms with Gasteiger partial charge in [0.05, 0.1) is 5.56 Å². The molecule has 23 heavy (non-hydrogen) atoms. The molecule has 7 heteroatoms. The third kappa shape index (κ3) is 5.39. The Bertz CT molecular complexity index is 536. The Hall–Kier alpha value is -1.27. The van der Waals surface area contributed by atoms with Gasteiger partial charge in [0, 0.05) is 31.6 Å². The van der Waals surface area contributed by atoms with E-state index in [9.17, 15) is 18.0 Å². The van der Waals surface area contributed by atoms with Gasteiger partial charge in [0.2, 0.25) is 5.91 Å². The average Bonchev–Trinajstić information content (AvgIpc) is 2.46. The van der Waals surface area contributed by atoms with Gasteiger partial charge in [-0.2, -0.15) is 13.2 Å². The first-order valence-electron chi connectivity index (χ1n) is 7.45. The lowest BCUT2D eigenvalue weighted by Gasteiger charge is -2.33. The zero-order valence-corrected chi connectivity index (χ0v) is 14.0. The fourth-order valence-electron chi connectivity index (χ4n) is 2.76. The van der Waals surface area contributed by atoms with E-state index in [0.29, 0.717) is 25.1 Å². The highest BCUT2D eigenvalue weighted by molar-refractivity contribution is 5.85. The van der Waals surface area contributed by atoms with Crippen LogP contribution in [0.3, 0.4) is 0 Å². The highest BCUT2D eigenvalue weighted by Crippen LogP contribution is 2.30. The van der Waals surface area contributed by atoms with Gasteiger partial charge in [0.15, 0.2) is 0 Å². The maximum absolute atomic E-state index is 12.7. The van der Waals surface area contributed by atoms with Gasteiger partial charge in [0.25, 0.3) is 0 Å². The van der Waals surface area contributed by atoms with E-state index in [4.69, 9.17) is 0 Å². The van der Waals surface area contributed by atoms with Crippen molar-refractivity contribution in [2.75, 3.05) is 19.6 Å². The van der Waals surface area contributed by atoms with Crippen molar-refractivity contribution in [3.63, 3.8) is 0 Å². The van der Waals surface area contributed by atoms with Gasteiger partial charge in [0.1, 0.15) is 0 Å². The molecule has 2 unspecified atom stereocenters. The van der Waals surface area contributed by atoms with Gasteiger partial charge in [-0.25, -0.2) is 0 Å². The van der Waals surface area contributed by atoms with Crippen molar-refractivity contribution in [2.45, 2.75) is 32.5 Å². The summed E-state index contributed by atoms with van der Waals surface area (Å²) in [6.45, 7) is 5.83. The molecule has 0 aliphatic carbocycles. The number of nitrogens with one attached hydrogen (secondary N) is 1. The van der Waals surface area contributed by atoms with E-state index in [1.54, 1.807) is 17.9 Å². The summed E-state index contributed by atoms with van der Waals surface area (Å²) in [5.74, 6) is -0.320. The van der Waals surface area contributed by atoms with Crippen LogP contribution in [-0.4, -0.2) is 36.5 Å². The number of nitrogens with zero attached hydrogens (tertiary/aromatic N) is 1. The Morgan fingerprint density at radius 1 is 1.43 bits per heavy atom. The molecule has 1 N–H and O–H groups in total. The molecule has 1 aromatic carbocycles. The van der Waals surface area contributed by atoms with Gasteiger partial charge in [-0.1, -0.05) is 25.1 Å². The van der Waals surface area contributed by atoms with Gasteiger partial charge in [-0.15, -0.1) is 12.4 Å². The number of hydrogen-bond acceptors (Lipinski definition) is 2. The number of halogens is 4.